The van der Waals surface area contributed by atoms with Gasteiger partial charge >= 0.3 is 12.1 Å². The Labute approximate surface area is 94.6 Å². The van der Waals surface area contributed by atoms with Crippen molar-refractivity contribution in [2.75, 3.05) is 6.54 Å². The fourth-order valence-electron chi connectivity index (χ4n) is 0.965. The molecule has 1 atom stereocenters. The van der Waals surface area contributed by atoms with Crippen LogP contribution in [-0.4, -0.2) is 40.0 Å². The lowest BCUT2D eigenvalue weighted by molar-refractivity contribution is -0.141. The van der Waals surface area contributed by atoms with Crippen LogP contribution in [0.4, 0.5) is 4.79 Å². The lowest BCUT2D eigenvalue weighted by Crippen LogP contribution is -2.43. The Morgan fingerprint density at radius 1 is 1.25 bits per heavy atom. The Morgan fingerprint density at radius 3 is 2.12 bits per heavy atom. The molecule has 0 aliphatic rings. The Morgan fingerprint density at radius 2 is 1.75 bits per heavy atom. The number of nitrogens with one attached hydrogen (secondary N) is 1. The van der Waals surface area contributed by atoms with E-state index in [1.807, 2.05) is 0 Å². The second-order valence-electron chi connectivity index (χ2n) is 4.92. The third-order valence-corrected chi connectivity index (χ3v) is 1.54. The Bertz CT molecular complexity index is 267. The van der Waals surface area contributed by atoms with Crippen LogP contribution in [0.1, 0.15) is 34.1 Å². The molecule has 0 heterocycles. The molecule has 0 aliphatic heterocycles. The molecule has 16 heavy (non-hydrogen) atoms. The van der Waals surface area contributed by atoms with Crippen molar-refractivity contribution in [2.24, 2.45) is 0 Å². The number of carbonyl (C=O) groups excluding carboxylic acids is 1. The Hall–Kier alpha value is -1.30. The van der Waals surface area contributed by atoms with E-state index in [-0.39, 0.29) is 6.54 Å². The molecule has 0 aromatic heterocycles. The number of aliphatic hydroxyl groups is 1. The van der Waals surface area contributed by atoms with Crippen molar-refractivity contribution in [3.8, 4) is 0 Å². The first-order valence-electron chi connectivity index (χ1n) is 4.93. The number of rotatable bonds is 4. The number of carboxylic acid groups (broad SMARTS) is 1. The molecule has 0 aromatic carbocycles. The third-order valence-electron chi connectivity index (χ3n) is 1.54. The summed E-state index contributed by atoms with van der Waals surface area (Å²) in [5.41, 5.74) is -2.11. The number of alkyl carbamates (subject to hydrolysis) is 1. The number of amides is 1. The molecule has 6 heteroatoms. The monoisotopic (exact) mass is 233 g/mol. The molecule has 1 amide bonds. The van der Waals surface area contributed by atoms with Crippen LogP contribution in [0.15, 0.2) is 0 Å². The predicted molar refractivity (Wildman–Crippen MR) is 57.1 cm³/mol. The molecule has 6 nitrogen and oxygen atoms in total. The summed E-state index contributed by atoms with van der Waals surface area (Å²) in [6, 6.07) is 0. The van der Waals surface area contributed by atoms with Crippen LogP contribution >= 0.6 is 0 Å². The van der Waals surface area contributed by atoms with Gasteiger partial charge in [-0.3, -0.25) is 4.79 Å². The highest BCUT2D eigenvalue weighted by molar-refractivity contribution is 5.69. The van der Waals surface area contributed by atoms with Gasteiger partial charge < -0.3 is 20.3 Å². The van der Waals surface area contributed by atoms with Gasteiger partial charge in [-0.1, -0.05) is 0 Å². The summed E-state index contributed by atoms with van der Waals surface area (Å²) in [7, 11) is 0. The van der Waals surface area contributed by atoms with Gasteiger partial charge in [0.05, 0.1) is 12.0 Å². The summed E-state index contributed by atoms with van der Waals surface area (Å²) in [6.45, 7) is 6.29. The highest BCUT2D eigenvalue weighted by Crippen LogP contribution is 2.09. The molecular formula is C10H19NO5. The minimum Gasteiger partial charge on any atom is -0.481 e. The first kappa shape index (κ1) is 14.7. The van der Waals surface area contributed by atoms with E-state index in [9.17, 15) is 14.7 Å². The van der Waals surface area contributed by atoms with Gasteiger partial charge in [0.25, 0.3) is 0 Å². The van der Waals surface area contributed by atoms with Crippen molar-refractivity contribution in [1.29, 1.82) is 0 Å². The summed E-state index contributed by atoms with van der Waals surface area (Å²) in [4.78, 5) is 21.6. The topological polar surface area (TPSA) is 95.9 Å². The molecule has 0 aromatic rings. The van der Waals surface area contributed by atoms with Gasteiger partial charge in [-0.25, -0.2) is 4.79 Å². The van der Waals surface area contributed by atoms with Crippen LogP contribution in [0.5, 0.6) is 0 Å². The minimum absolute atomic E-state index is 0.172. The van der Waals surface area contributed by atoms with Gasteiger partial charge in [-0.2, -0.15) is 0 Å². The lowest BCUT2D eigenvalue weighted by atomic mass is 10.0. The minimum atomic E-state index is -1.48. The average Bonchev–Trinajstić information content (AvgIpc) is 1.95. The van der Waals surface area contributed by atoms with Gasteiger partial charge in [0.2, 0.25) is 0 Å². The van der Waals surface area contributed by atoms with Gasteiger partial charge in [-0.15, -0.1) is 0 Å². The maximum Gasteiger partial charge on any atom is 0.407 e. The molecule has 0 unspecified atom stereocenters. The van der Waals surface area contributed by atoms with Crippen molar-refractivity contribution >= 4 is 12.1 Å². The zero-order valence-corrected chi connectivity index (χ0v) is 10.0. The van der Waals surface area contributed by atoms with Crippen LogP contribution in [0.25, 0.3) is 0 Å². The lowest BCUT2D eigenvalue weighted by Gasteiger charge is -2.24. The van der Waals surface area contributed by atoms with Gasteiger partial charge in [0.1, 0.15) is 5.60 Å². The van der Waals surface area contributed by atoms with E-state index < -0.39 is 29.7 Å². The van der Waals surface area contributed by atoms with E-state index in [1.165, 1.54) is 6.92 Å². The first-order chi connectivity index (χ1) is 7.02. The van der Waals surface area contributed by atoms with Crippen LogP contribution < -0.4 is 5.32 Å². The smallest absolute Gasteiger partial charge is 0.407 e. The summed E-state index contributed by atoms with van der Waals surface area (Å²) >= 11 is 0. The summed E-state index contributed by atoms with van der Waals surface area (Å²) in [5.74, 6) is -1.13. The van der Waals surface area contributed by atoms with Crippen molar-refractivity contribution < 1.29 is 24.5 Å². The van der Waals surface area contributed by atoms with Gasteiger partial charge in [0, 0.05) is 6.54 Å². The molecule has 94 valence electrons. The Balaban J connectivity index is 4.05. The van der Waals surface area contributed by atoms with Crippen LogP contribution in [0.2, 0.25) is 0 Å². The molecule has 0 radical (unpaired) electrons. The van der Waals surface area contributed by atoms with E-state index in [4.69, 9.17) is 9.84 Å². The zero-order chi connectivity index (χ0) is 13.0. The maximum atomic E-state index is 11.2. The second kappa shape index (κ2) is 5.16. The fraction of sp³-hybridized carbons (Fsp3) is 0.800. The van der Waals surface area contributed by atoms with Crippen molar-refractivity contribution in [2.45, 2.75) is 45.3 Å². The van der Waals surface area contributed by atoms with E-state index in [1.54, 1.807) is 20.8 Å². The molecule has 0 aliphatic carbocycles. The van der Waals surface area contributed by atoms with Gasteiger partial charge in [-0.05, 0) is 27.7 Å². The van der Waals surface area contributed by atoms with Crippen molar-refractivity contribution in [3.63, 3.8) is 0 Å². The molecule has 0 spiro atoms. The normalized spacial score (nSPS) is 15.1. The first-order valence-corrected chi connectivity index (χ1v) is 4.93. The fourth-order valence-corrected chi connectivity index (χ4v) is 0.965. The SMILES string of the molecule is CC(C)(C)OC(=O)NC[C@@](C)(O)CC(=O)O. The van der Waals surface area contributed by atoms with Crippen LogP contribution in [-0.2, 0) is 9.53 Å². The number of carboxylic acids is 1. The van der Waals surface area contributed by atoms with Crippen LogP contribution in [0.3, 0.4) is 0 Å². The Kier molecular flexibility index (Phi) is 4.74. The number of hydrogen-bond donors (Lipinski definition) is 3. The van der Waals surface area contributed by atoms with Crippen molar-refractivity contribution in [1.82, 2.24) is 5.32 Å². The van der Waals surface area contributed by atoms with Crippen LogP contribution in [0, 0.1) is 0 Å². The largest absolute Gasteiger partial charge is 0.481 e. The highest BCUT2D eigenvalue weighted by atomic mass is 16.6. The molecular weight excluding hydrogens is 214 g/mol. The van der Waals surface area contributed by atoms with E-state index >= 15 is 0 Å². The second-order valence-corrected chi connectivity index (χ2v) is 4.92. The molecule has 0 bridgehead atoms. The standard InChI is InChI=1S/C10H19NO5/c1-9(2,3)16-8(14)11-6-10(4,15)5-7(12)13/h15H,5-6H2,1-4H3,(H,11,14)(H,12,13)/t10-/m0/s1. The quantitative estimate of drug-likeness (QED) is 0.665. The summed E-state index contributed by atoms with van der Waals surface area (Å²) in [5, 5.41) is 20.4. The molecule has 0 saturated carbocycles. The molecule has 0 fully saturated rings. The molecule has 3 N–H and O–H groups in total. The molecule has 0 rings (SSSR count). The number of carbonyl (C=O) groups is 2. The number of aliphatic carboxylic acids is 1. The number of hydrogen-bond acceptors (Lipinski definition) is 4. The van der Waals surface area contributed by atoms with E-state index in [2.05, 4.69) is 5.32 Å². The summed E-state index contributed by atoms with van der Waals surface area (Å²) < 4.78 is 4.93. The van der Waals surface area contributed by atoms with Crippen molar-refractivity contribution in [3.05, 3.63) is 0 Å². The highest BCUT2D eigenvalue weighted by Gasteiger charge is 2.26. The summed E-state index contributed by atoms with van der Waals surface area (Å²) in [6.07, 6.45) is -1.12. The average molecular weight is 233 g/mol. The third kappa shape index (κ3) is 8.05. The molecule has 0 saturated heterocycles. The van der Waals surface area contributed by atoms with E-state index in [0.29, 0.717) is 0 Å². The number of ether oxygens (including phenoxy) is 1. The van der Waals surface area contributed by atoms with E-state index in [0.717, 1.165) is 0 Å². The zero-order valence-electron chi connectivity index (χ0n) is 10.0. The predicted octanol–water partition coefficient (Wildman–Crippen LogP) is 0.737. The van der Waals surface area contributed by atoms with Gasteiger partial charge in [0.15, 0.2) is 0 Å². The maximum absolute atomic E-state index is 11.2.